The van der Waals surface area contributed by atoms with Gasteiger partial charge in [0.25, 0.3) is 0 Å². The number of fused-ring (bicyclic) bond motifs is 1. The van der Waals surface area contributed by atoms with Crippen LogP contribution in [0.2, 0.25) is 0 Å². The zero-order chi connectivity index (χ0) is 9.80. The number of hydrogen-bond acceptors (Lipinski definition) is 2. The van der Waals surface area contributed by atoms with Gasteiger partial charge in [0, 0.05) is 18.7 Å². The molecule has 0 radical (unpaired) electrons. The summed E-state index contributed by atoms with van der Waals surface area (Å²) in [6, 6.07) is 8.68. The molecule has 1 aromatic carbocycles. The van der Waals surface area contributed by atoms with E-state index in [0.717, 1.165) is 13.0 Å². The first-order valence-electron chi connectivity index (χ1n) is 5.13. The maximum Gasteiger partial charge on any atom is 0.0625 e. The fraction of sp³-hybridized carbons (Fsp3) is 0.417. The van der Waals surface area contributed by atoms with Crippen LogP contribution in [0.25, 0.3) is 0 Å². The molecule has 1 aromatic rings. The lowest BCUT2D eigenvalue weighted by atomic mass is 9.99. The lowest BCUT2D eigenvalue weighted by Crippen LogP contribution is -2.11. The summed E-state index contributed by atoms with van der Waals surface area (Å²) in [6.07, 6.45) is 3.88. The van der Waals surface area contributed by atoms with E-state index in [9.17, 15) is 0 Å². The summed E-state index contributed by atoms with van der Waals surface area (Å²) < 4.78 is 0. The largest absolute Gasteiger partial charge is 0.385 e. The molecule has 0 saturated carbocycles. The smallest absolute Gasteiger partial charge is 0.0625 e. The highest BCUT2D eigenvalue weighted by molar-refractivity contribution is 5.54. The molecule has 14 heavy (non-hydrogen) atoms. The number of nitrogens with one attached hydrogen (secondary N) is 1. The highest BCUT2D eigenvalue weighted by atomic mass is 14.9. The van der Waals surface area contributed by atoms with Crippen molar-refractivity contribution >= 4 is 5.69 Å². The zero-order valence-electron chi connectivity index (χ0n) is 8.21. The minimum Gasteiger partial charge on any atom is -0.385 e. The molecule has 0 atom stereocenters. The summed E-state index contributed by atoms with van der Waals surface area (Å²) in [5, 5.41) is 11.9. The molecule has 1 aliphatic heterocycles. The SMILES string of the molecule is N#CCCc1ccc2c(c1)CCCN2. The number of nitrogens with zero attached hydrogens (tertiary/aromatic N) is 1. The Hall–Kier alpha value is -1.49. The van der Waals surface area contributed by atoms with E-state index >= 15 is 0 Å². The van der Waals surface area contributed by atoms with E-state index in [4.69, 9.17) is 5.26 Å². The van der Waals surface area contributed by atoms with Crippen molar-refractivity contribution in [1.82, 2.24) is 0 Å². The normalized spacial score (nSPS) is 13.9. The second-order valence-electron chi connectivity index (χ2n) is 3.68. The molecule has 2 nitrogen and oxygen atoms in total. The molecule has 2 rings (SSSR count). The van der Waals surface area contributed by atoms with E-state index in [1.165, 1.54) is 29.7 Å². The Kier molecular flexibility index (Phi) is 2.69. The van der Waals surface area contributed by atoms with Crippen molar-refractivity contribution in [1.29, 1.82) is 5.26 Å². The fourth-order valence-electron chi connectivity index (χ4n) is 1.88. The van der Waals surface area contributed by atoms with Gasteiger partial charge in [-0.2, -0.15) is 5.26 Å². The predicted octanol–water partition coefficient (Wildman–Crippen LogP) is 2.50. The van der Waals surface area contributed by atoms with E-state index < -0.39 is 0 Å². The minimum atomic E-state index is 0.617. The standard InChI is InChI=1S/C12H14N2/c13-7-1-3-10-5-6-12-11(9-10)4-2-8-14-12/h5-6,9,14H,1-4,8H2. The molecule has 0 aromatic heterocycles. The van der Waals surface area contributed by atoms with E-state index in [1.807, 2.05) is 0 Å². The van der Waals surface area contributed by atoms with Gasteiger partial charge in [-0.3, -0.25) is 0 Å². The zero-order valence-corrected chi connectivity index (χ0v) is 8.21. The minimum absolute atomic E-state index is 0.617. The molecule has 1 aliphatic rings. The molecule has 0 amide bonds. The second-order valence-corrected chi connectivity index (χ2v) is 3.68. The van der Waals surface area contributed by atoms with Gasteiger partial charge in [0.1, 0.15) is 0 Å². The van der Waals surface area contributed by atoms with Crippen molar-refractivity contribution in [3.8, 4) is 6.07 Å². The highest BCUT2D eigenvalue weighted by Gasteiger charge is 2.08. The molecule has 1 N–H and O–H groups in total. The first kappa shape index (κ1) is 9.08. The third-order valence-corrected chi connectivity index (χ3v) is 2.63. The highest BCUT2D eigenvalue weighted by Crippen LogP contribution is 2.23. The van der Waals surface area contributed by atoms with Crippen molar-refractivity contribution in [3.05, 3.63) is 29.3 Å². The molecule has 0 fully saturated rings. The van der Waals surface area contributed by atoms with Gasteiger partial charge in [0.2, 0.25) is 0 Å². The number of hydrogen-bond donors (Lipinski definition) is 1. The van der Waals surface area contributed by atoms with E-state index in [0.29, 0.717) is 6.42 Å². The molecule has 0 aliphatic carbocycles. The molecule has 0 unspecified atom stereocenters. The van der Waals surface area contributed by atoms with Crippen molar-refractivity contribution in [2.75, 3.05) is 11.9 Å². The van der Waals surface area contributed by atoms with Gasteiger partial charge < -0.3 is 5.32 Å². The van der Waals surface area contributed by atoms with Crippen molar-refractivity contribution < 1.29 is 0 Å². The lowest BCUT2D eigenvalue weighted by Gasteiger charge is -2.18. The Balaban J connectivity index is 2.17. The summed E-state index contributed by atoms with van der Waals surface area (Å²) in [6.45, 7) is 1.09. The Morgan fingerprint density at radius 3 is 3.21 bits per heavy atom. The van der Waals surface area contributed by atoms with Gasteiger partial charge in [-0.05, 0) is 36.5 Å². The Morgan fingerprint density at radius 2 is 2.36 bits per heavy atom. The van der Waals surface area contributed by atoms with Crippen LogP contribution in [0, 0.1) is 11.3 Å². The van der Waals surface area contributed by atoms with Crippen molar-refractivity contribution in [3.63, 3.8) is 0 Å². The van der Waals surface area contributed by atoms with Crippen LogP contribution in [0.4, 0.5) is 5.69 Å². The molecule has 1 heterocycles. The van der Waals surface area contributed by atoms with Crippen LogP contribution in [-0.2, 0) is 12.8 Å². The summed E-state index contributed by atoms with van der Waals surface area (Å²) in [5.74, 6) is 0. The summed E-state index contributed by atoms with van der Waals surface area (Å²) in [5.41, 5.74) is 3.97. The summed E-state index contributed by atoms with van der Waals surface area (Å²) in [4.78, 5) is 0. The summed E-state index contributed by atoms with van der Waals surface area (Å²) in [7, 11) is 0. The van der Waals surface area contributed by atoms with Gasteiger partial charge in [-0.1, -0.05) is 12.1 Å². The number of aryl methyl sites for hydroxylation is 2. The first-order valence-corrected chi connectivity index (χ1v) is 5.13. The van der Waals surface area contributed by atoms with Crippen LogP contribution in [-0.4, -0.2) is 6.54 Å². The van der Waals surface area contributed by atoms with Gasteiger partial charge >= 0.3 is 0 Å². The van der Waals surface area contributed by atoms with Crippen LogP contribution in [0.15, 0.2) is 18.2 Å². The average Bonchev–Trinajstić information content (AvgIpc) is 2.26. The van der Waals surface area contributed by atoms with Crippen LogP contribution in [0.3, 0.4) is 0 Å². The van der Waals surface area contributed by atoms with Crippen LogP contribution in [0.5, 0.6) is 0 Å². The topological polar surface area (TPSA) is 35.8 Å². The fourth-order valence-corrected chi connectivity index (χ4v) is 1.88. The molecule has 0 spiro atoms. The van der Waals surface area contributed by atoms with E-state index in [1.54, 1.807) is 0 Å². The van der Waals surface area contributed by atoms with Crippen LogP contribution in [0.1, 0.15) is 24.0 Å². The monoisotopic (exact) mass is 186 g/mol. The van der Waals surface area contributed by atoms with Crippen molar-refractivity contribution in [2.45, 2.75) is 25.7 Å². The maximum atomic E-state index is 8.50. The van der Waals surface area contributed by atoms with Gasteiger partial charge in [0.15, 0.2) is 0 Å². The van der Waals surface area contributed by atoms with E-state index in [2.05, 4.69) is 29.6 Å². The van der Waals surface area contributed by atoms with Gasteiger partial charge in [0.05, 0.1) is 6.07 Å². The predicted molar refractivity (Wildman–Crippen MR) is 57.2 cm³/mol. The molecule has 72 valence electrons. The van der Waals surface area contributed by atoms with Crippen LogP contribution >= 0.6 is 0 Å². The third kappa shape index (κ3) is 1.88. The molecular weight excluding hydrogens is 172 g/mol. The first-order chi connectivity index (χ1) is 6.90. The second kappa shape index (κ2) is 4.15. The Bertz CT molecular complexity index is 363. The number of rotatable bonds is 2. The van der Waals surface area contributed by atoms with Gasteiger partial charge in [-0.15, -0.1) is 0 Å². The molecule has 2 heteroatoms. The van der Waals surface area contributed by atoms with Gasteiger partial charge in [-0.25, -0.2) is 0 Å². The number of benzene rings is 1. The molecule has 0 bridgehead atoms. The number of anilines is 1. The van der Waals surface area contributed by atoms with Crippen molar-refractivity contribution in [2.24, 2.45) is 0 Å². The average molecular weight is 186 g/mol. The molecular formula is C12H14N2. The van der Waals surface area contributed by atoms with Crippen LogP contribution < -0.4 is 5.32 Å². The quantitative estimate of drug-likeness (QED) is 0.770. The molecule has 0 saturated heterocycles. The maximum absolute atomic E-state index is 8.50. The number of nitriles is 1. The Morgan fingerprint density at radius 1 is 1.43 bits per heavy atom. The summed E-state index contributed by atoms with van der Waals surface area (Å²) >= 11 is 0. The van der Waals surface area contributed by atoms with E-state index in [-0.39, 0.29) is 0 Å². The third-order valence-electron chi connectivity index (χ3n) is 2.63. The Labute approximate surface area is 84.6 Å². The lowest BCUT2D eigenvalue weighted by molar-refractivity contribution is 0.826.